The lowest BCUT2D eigenvalue weighted by molar-refractivity contribution is -0.129. The number of carbonyl (C=O) groups excluding carboxylic acids is 1. The molecule has 0 saturated carbocycles. The summed E-state index contributed by atoms with van der Waals surface area (Å²) in [5.74, 6) is 0.520. The zero-order valence-electron chi connectivity index (χ0n) is 16.7. The fraction of sp³-hybridized carbons (Fsp3) is 0.350. The van der Waals surface area contributed by atoms with E-state index in [4.69, 9.17) is 19.4 Å². The minimum Gasteiger partial charge on any atom is -0.493 e. The number of primary amides is 1. The van der Waals surface area contributed by atoms with Gasteiger partial charge in [0, 0.05) is 19.4 Å². The van der Waals surface area contributed by atoms with Crippen molar-refractivity contribution in [3.63, 3.8) is 0 Å². The summed E-state index contributed by atoms with van der Waals surface area (Å²) in [7, 11) is -3.52. The van der Waals surface area contributed by atoms with Crippen LogP contribution in [0.3, 0.4) is 0 Å². The molecule has 0 bridgehead atoms. The Morgan fingerprint density at radius 1 is 1.00 bits per heavy atom. The highest BCUT2D eigenvalue weighted by molar-refractivity contribution is 7.86. The van der Waals surface area contributed by atoms with E-state index in [-0.39, 0.29) is 11.9 Å². The first kappa shape index (κ1) is 24.4. The van der Waals surface area contributed by atoms with Crippen LogP contribution in [0.15, 0.2) is 48.5 Å². The van der Waals surface area contributed by atoms with Crippen LogP contribution >= 0.6 is 0 Å². The Bertz CT molecular complexity index is 867. The Kier molecular flexibility index (Phi) is 9.60. The summed E-state index contributed by atoms with van der Waals surface area (Å²) >= 11 is 0. The maximum absolute atomic E-state index is 11.4. The molecule has 0 aromatic heterocycles. The van der Waals surface area contributed by atoms with Crippen LogP contribution < -0.4 is 20.8 Å². The lowest BCUT2D eigenvalue weighted by atomic mass is 10.1. The highest BCUT2D eigenvalue weighted by Gasteiger charge is 2.15. The predicted molar refractivity (Wildman–Crippen MR) is 111 cm³/mol. The van der Waals surface area contributed by atoms with Crippen molar-refractivity contribution in [1.29, 1.82) is 0 Å². The van der Waals surface area contributed by atoms with E-state index in [0.29, 0.717) is 31.8 Å². The van der Waals surface area contributed by atoms with Gasteiger partial charge in [-0.15, -0.1) is 0 Å². The van der Waals surface area contributed by atoms with Gasteiger partial charge in [-0.2, -0.15) is 8.42 Å². The van der Waals surface area contributed by atoms with Crippen molar-refractivity contribution in [3.8, 4) is 11.5 Å². The maximum Gasteiger partial charge on any atom is 0.306 e. The third kappa shape index (κ3) is 8.95. The summed E-state index contributed by atoms with van der Waals surface area (Å²) in [6.07, 6.45) is 1.46. The van der Waals surface area contributed by atoms with E-state index in [1.54, 1.807) is 24.3 Å². The smallest absolute Gasteiger partial charge is 0.306 e. The summed E-state index contributed by atoms with van der Waals surface area (Å²) < 4.78 is 38.0. The second kappa shape index (κ2) is 11.4. The van der Waals surface area contributed by atoms with Gasteiger partial charge < -0.3 is 25.5 Å². The van der Waals surface area contributed by atoms with Gasteiger partial charge >= 0.3 is 10.1 Å². The molecule has 0 spiro atoms. The highest BCUT2D eigenvalue weighted by Crippen LogP contribution is 2.17. The SMILES string of the molecule is CCOC(Cc1ccc(OCCc2ccc(OS(C)(=O)=O)cc2)cc1)C(N)=O.N. The summed E-state index contributed by atoms with van der Waals surface area (Å²) in [6.45, 7) is 2.71. The molecule has 2 aromatic carbocycles. The van der Waals surface area contributed by atoms with Gasteiger partial charge in [-0.25, -0.2) is 0 Å². The van der Waals surface area contributed by atoms with Crippen LogP contribution in [0.1, 0.15) is 18.1 Å². The van der Waals surface area contributed by atoms with Crippen molar-refractivity contribution >= 4 is 16.0 Å². The maximum atomic E-state index is 11.4. The van der Waals surface area contributed by atoms with Crippen molar-refractivity contribution in [2.45, 2.75) is 25.9 Å². The number of amides is 1. The minimum absolute atomic E-state index is 0. The van der Waals surface area contributed by atoms with E-state index in [1.165, 1.54) is 0 Å². The fourth-order valence-corrected chi connectivity index (χ4v) is 3.01. The van der Waals surface area contributed by atoms with E-state index >= 15 is 0 Å². The molecular weight excluding hydrogens is 396 g/mol. The third-order valence-electron chi connectivity index (χ3n) is 3.86. The van der Waals surface area contributed by atoms with Crippen LogP contribution in [0.5, 0.6) is 11.5 Å². The molecule has 2 rings (SSSR count). The summed E-state index contributed by atoms with van der Waals surface area (Å²) in [4.78, 5) is 11.4. The van der Waals surface area contributed by atoms with Gasteiger partial charge in [0.1, 0.15) is 17.6 Å². The second-order valence-corrected chi connectivity index (χ2v) is 7.80. The molecule has 1 amide bonds. The number of nitrogens with two attached hydrogens (primary N) is 1. The van der Waals surface area contributed by atoms with Crippen molar-refractivity contribution in [3.05, 3.63) is 59.7 Å². The van der Waals surface area contributed by atoms with E-state index < -0.39 is 22.1 Å². The Morgan fingerprint density at radius 2 is 1.55 bits per heavy atom. The molecule has 0 radical (unpaired) electrons. The third-order valence-corrected chi connectivity index (χ3v) is 4.36. The van der Waals surface area contributed by atoms with Crippen molar-refractivity contribution < 1.29 is 26.9 Å². The number of ether oxygens (including phenoxy) is 2. The average molecular weight is 425 g/mol. The number of hydrogen-bond donors (Lipinski definition) is 2. The Balaban J connectivity index is 0.00000420. The minimum atomic E-state index is -3.52. The number of rotatable bonds is 11. The molecule has 0 aliphatic rings. The van der Waals surface area contributed by atoms with Gasteiger partial charge in [0.05, 0.1) is 12.9 Å². The monoisotopic (exact) mass is 424 g/mol. The molecule has 8 nitrogen and oxygen atoms in total. The van der Waals surface area contributed by atoms with Crippen molar-refractivity contribution in [2.75, 3.05) is 19.5 Å². The zero-order chi connectivity index (χ0) is 20.6. The first-order chi connectivity index (χ1) is 13.3. The first-order valence-corrected chi connectivity index (χ1v) is 10.7. The van der Waals surface area contributed by atoms with Crippen LogP contribution in [-0.2, 0) is 32.5 Å². The van der Waals surface area contributed by atoms with Crippen molar-refractivity contribution in [1.82, 2.24) is 6.15 Å². The molecule has 0 aliphatic carbocycles. The molecule has 2 aromatic rings. The van der Waals surface area contributed by atoms with Gasteiger partial charge in [-0.05, 0) is 42.3 Å². The molecule has 160 valence electrons. The highest BCUT2D eigenvalue weighted by atomic mass is 32.2. The Labute approximate surface area is 171 Å². The Hall–Kier alpha value is -2.62. The summed E-state index contributed by atoms with van der Waals surface area (Å²) in [6, 6.07) is 14.2. The molecule has 29 heavy (non-hydrogen) atoms. The quantitative estimate of drug-likeness (QED) is 0.527. The lowest BCUT2D eigenvalue weighted by Crippen LogP contribution is -2.33. The molecular formula is C20H28N2O6S. The molecule has 0 saturated heterocycles. The number of hydrogen-bond acceptors (Lipinski definition) is 7. The average Bonchev–Trinajstić information content (AvgIpc) is 2.63. The van der Waals surface area contributed by atoms with Gasteiger partial charge in [-0.3, -0.25) is 4.79 Å². The molecule has 0 aliphatic heterocycles. The normalized spacial score (nSPS) is 11.9. The summed E-state index contributed by atoms with van der Waals surface area (Å²) in [5.41, 5.74) is 7.27. The molecule has 5 N–H and O–H groups in total. The van der Waals surface area contributed by atoms with Gasteiger partial charge in [0.25, 0.3) is 0 Å². The van der Waals surface area contributed by atoms with Crippen LogP contribution in [0, 0.1) is 0 Å². The lowest BCUT2D eigenvalue weighted by Gasteiger charge is -2.13. The van der Waals surface area contributed by atoms with Crippen LogP contribution in [0.25, 0.3) is 0 Å². The largest absolute Gasteiger partial charge is 0.493 e. The van der Waals surface area contributed by atoms with Gasteiger partial charge in [0.15, 0.2) is 0 Å². The van der Waals surface area contributed by atoms with Gasteiger partial charge in [0.2, 0.25) is 5.91 Å². The Morgan fingerprint density at radius 3 is 2.07 bits per heavy atom. The fourth-order valence-electron chi connectivity index (χ4n) is 2.55. The first-order valence-electron chi connectivity index (χ1n) is 8.88. The molecule has 1 unspecified atom stereocenters. The zero-order valence-corrected chi connectivity index (χ0v) is 17.5. The molecule has 1 atom stereocenters. The molecule has 0 heterocycles. The van der Waals surface area contributed by atoms with Gasteiger partial charge in [-0.1, -0.05) is 24.3 Å². The number of carbonyl (C=O) groups is 1. The van der Waals surface area contributed by atoms with E-state index in [2.05, 4.69) is 0 Å². The predicted octanol–water partition coefficient (Wildman–Crippen LogP) is 2.24. The van der Waals surface area contributed by atoms with Crippen LogP contribution in [-0.4, -0.2) is 39.9 Å². The topological polar surface area (TPSA) is 140 Å². The molecule has 0 fully saturated rings. The summed E-state index contributed by atoms with van der Waals surface area (Å²) in [5, 5.41) is 0. The van der Waals surface area contributed by atoms with Crippen molar-refractivity contribution in [2.24, 2.45) is 5.73 Å². The van der Waals surface area contributed by atoms with Crippen LogP contribution in [0.2, 0.25) is 0 Å². The number of benzene rings is 2. The van der Waals surface area contributed by atoms with Crippen LogP contribution in [0.4, 0.5) is 0 Å². The van der Waals surface area contributed by atoms with E-state index in [1.807, 2.05) is 31.2 Å². The standard InChI is InChI=1S/C20H25NO6S.H3N/c1-3-25-19(20(21)22)14-16-6-8-17(9-7-16)26-13-12-15-4-10-18(11-5-15)27-28(2,23)24;/h4-11,19H,3,12-14H2,1-2H3,(H2,21,22);1H3. The second-order valence-electron chi connectivity index (χ2n) is 6.22. The molecule has 9 heteroatoms. The van der Waals surface area contributed by atoms with E-state index in [9.17, 15) is 13.2 Å². The van der Waals surface area contributed by atoms with E-state index in [0.717, 1.165) is 17.4 Å².